The number of fused-ring (bicyclic) bond motifs is 6. The zero-order valence-corrected chi connectivity index (χ0v) is 26.5. The molecular weight excluding hydrogens is 538 g/mol. The number of rotatable bonds is 7. The second-order valence-corrected chi connectivity index (χ2v) is 17.4. The number of urea groups is 1. The lowest BCUT2D eigenvalue weighted by atomic mass is 9.48. The van der Waals surface area contributed by atoms with Crippen LogP contribution in [0.5, 0.6) is 0 Å². The summed E-state index contributed by atoms with van der Waals surface area (Å²) >= 11 is 0. The van der Waals surface area contributed by atoms with Gasteiger partial charge in [-0.2, -0.15) is 12.7 Å². The Morgan fingerprint density at radius 1 is 0.951 bits per heavy atom. The van der Waals surface area contributed by atoms with Crippen LogP contribution in [0.4, 0.5) is 4.79 Å². The van der Waals surface area contributed by atoms with Gasteiger partial charge in [0.2, 0.25) is 0 Å². The maximum absolute atomic E-state index is 12.6. The minimum absolute atomic E-state index is 0.195. The van der Waals surface area contributed by atoms with Crippen molar-refractivity contribution in [2.45, 2.75) is 111 Å². The van der Waals surface area contributed by atoms with E-state index in [-0.39, 0.29) is 29.0 Å². The molecule has 0 aromatic rings. The lowest BCUT2D eigenvalue weighted by molar-refractivity contribution is -0.0964. The highest BCUT2D eigenvalue weighted by atomic mass is 32.2. The summed E-state index contributed by atoms with van der Waals surface area (Å²) in [6.07, 6.45) is 11.0. The Balaban J connectivity index is 1.08. The van der Waals surface area contributed by atoms with Gasteiger partial charge in [0.25, 0.3) is 0 Å². The van der Waals surface area contributed by atoms with Crippen LogP contribution in [0, 0.1) is 64.1 Å². The number of hydrogen-bond donors (Lipinski definition) is 4. The van der Waals surface area contributed by atoms with Crippen LogP contribution >= 0.6 is 0 Å². The number of nitrogens with zero attached hydrogens (tertiary/aromatic N) is 1. The van der Waals surface area contributed by atoms with Gasteiger partial charge in [0.05, 0.1) is 12.2 Å². The van der Waals surface area contributed by atoms with Crippen molar-refractivity contribution in [3.63, 3.8) is 0 Å². The number of carbonyl (C=O) groups excluding carboxylic acids is 1. The first-order valence-electron chi connectivity index (χ1n) is 16.8. The number of nitrogens with one attached hydrogen (secondary N) is 2. The van der Waals surface area contributed by atoms with Crippen LogP contribution in [0.3, 0.4) is 0 Å². The second-order valence-electron chi connectivity index (χ2n) is 15.7. The van der Waals surface area contributed by atoms with E-state index in [9.17, 15) is 23.4 Å². The predicted molar refractivity (Wildman–Crippen MR) is 159 cm³/mol. The van der Waals surface area contributed by atoms with Crippen LogP contribution in [0.2, 0.25) is 0 Å². The van der Waals surface area contributed by atoms with Crippen LogP contribution < -0.4 is 10.0 Å². The summed E-state index contributed by atoms with van der Waals surface area (Å²) in [6.45, 7) is 11.1. The minimum atomic E-state index is -3.76. The van der Waals surface area contributed by atoms with Crippen molar-refractivity contribution < 1.29 is 23.4 Å². The van der Waals surface area contributed by atoms with E-state index >= 15 is 0 Å². The van der Waals surface area contributed by atoms with Gasteiger partial charge in [-0.15, -0.1) is 0 Å². The molecule has 1 heterocycles. The highest BCUT2D eigenvalue weighted by Crippen LogP contribution is 2.68. The fraction of sp³-hybridized carbons (Fsp3) is 0.969. The minimum Gasteiger partial charge on any atom is -0.393 e. The van der Waals surface area contributed by atoms with Crippen LogP contribution in [-0.2, 0) is 10.2 Å². The molecule has 9 heteroatoms. The van der Waals surface area contributed by atoms with E-state index in [2.05, 4.69) is 37.7 Å². The topological polar surface area (TPSA) is 119 Å². The summed E-state index contributed by atoms with van der Waals surface area (Å²) < 4.78 is 28.8. The largest absolute Gasteiger partial charge is 0.393 e. The van der Waals surface area contributed by atoms with Gasteiger partial charge in [0.15, 0.2) is 0 Å². The zero-order chi connectivity index (χ0) is 29.3. The molecule has 0 aromatic heterocycles. The first kappa shape index (κ1) is 30.1. The molecular formula is C32H55N3O5S. The van der Waals surface area contributed by atoms with E-state index in [1.54, 1.807) is 0 Å². The summed E-state index contributed by atoms with van der Waals surface area (Å²) in [5.41, 5.74) is 0.425. The van der Waals surface area contributed by atoms with Crippen molar-refractivity contribution in [3.05, 3.63) is 0 Å². The first-order chi connectivity index (χ1) is 19.4. The molecule has 5 saturated carbocycles. The van der Waals surface area contributed by atoms with Gasteiger partial charge in [-0.05, 0) is 128 Å². The Labute approximate surface area is 248 Å². The molecule has 2 amide bonds. The molecule has 0 spiro atoms. The number of aliphatic hydroxyl groups excluding tert-OH is 2. The molecule has 8 nitrogen and oxygen atoms in total. The van der Waals surface area contributed by atoms with Gasteiger partial charge in [0.1, 0.15) is 0 Å². The number of carbonyl (C=O) groups is 1. The van der Waals surface area contributed by atoms with Crippen molar-refractivity contribution >= 4 is 16.2 Å². The molecule has 0 bridgehead atoms. The second kappa shape index (κ2) is 10.9. The van der Waals surface area contributed by atoms with Gasteiger partial charge >= 0.3 is 16.2 Å². The van der Waals surface area contributed by atoms with Crippen LogP contribution in [0.25, 0.3) is 0 Å². The van der Waals surface area contributed by atoms with E-state index in [1.807, 2.05) is 0 Å². The van der Waals surface area contributed by atoms with Crippen molar-refractivity contribution in [2.24, 2.45) is 64.1 Å². The first-order valence-corrected chi connectivity index (χ1v) is 18.2. The van der Waals surface area contributed by atoms with E-state index in [0.29, 0.717) is 67.0 Å². The fourth-order valence-corrected chi connectivity index (χ4v) is 12.8. The molecule has 234 valence electrons. The number of hydrogen-bond acceptors (Lipinski definition) is 5. The van der Waals surface area contributed by atoms with E-state index < -0.39 is 16.2 Å². The van der Waals surface area contributed by atoms with Crippen LogP contribution in [0.15, 0.2) is 0 Å². The third kappa shape index (κ3) is 5.27. The average Bonchev–Trinajstić information content (AvgIpc) is 3.36. The standard InChI is InChI=1S/C32H55N3O5S/c1-5-23-28-15-22(36)8-11-32(28,4)27-9-12-31(3)25(6-7-26(31)24(27)16-29(23)37)19(2)10-13-33-30(38)34-41(39,40)35-17-20-14-21(20)18-35/h19-29,36-37H,5-18H2,1-4H3,(H2,33,34,38)/t19-,20?,21?,22-,23-,24-,25-,26+,27+,28+,29?,31-,32-/m1/s1. The number of aliphatic hydroxyl groups is 2. The molecule has 3 unspecified atom stereocenters. The molecule has 13 atom stereocenters. The zero-order valence-electron chi connectivity index (χ0n) is 25.7. The summed E-state index contributed by atoms with van der Waals surface area (Å²) in [6, 6.07) is -0.618. The summed E-state index contributed by atoms with van der Waals surface area (Å²) in [5, 5.41) is 25.0. The Bertz CT molecular complexity index is 1090. The van der Waals surface area contributed by atoms with E-state index in [4.69, 9.17) is 0 Å². The summed E-state index contributed by atoms with van der Waals surface area (Å²) in [4.78, 5) is 12.5. The molecule has 6 rings (SSSR count). The lowest BCUT2D eigenvalue weighted by Crippen LogP contribution is -2.51. The maximum atomic E-state index is 12.6. The molecule has 41 heavy (non-hydrogen) atoms. The van der Waals surface area contributed by atoms with Gasteiger partial charge in [-0.25, -0.2) is 9.52 Å². The Hall–Kier alpha value is -0.900. The fourth-order valence-electron chi connectivity index (χ4n) is 11.5. The van der Waals surface area contributed by atoms with Crippen molar-refractivity contribution in [2.75, 3.05) is 19.6 Å². The van der Waals surface area contributed by atoms with Gasteiger partial charge < -0.3 is 15.5 Å². The predicted octanol–water partition coefficient (Wildman–Crippen LogP) is 4.53. The molecule has 1 saturated heterocycles. The number of amides is 2. The van der Waals surface area contributed by atoms with Gasteiger partial charge in [-0.1, -0.05) is 34.1 Å². The Morgan fingerprint density at radius 2 is 1.63 bits per heavy atom. The molecule has 4 N–H and O–H groups in total. The van der Waals surface area contributed by atoms with E-state index in [0.717, 1.165) is 44.9 Å². The SMILES string of the molecule is CC[C@H]1C(O)C[C@H]2[C@H](CC[C@]3(C)[C@@H]([C@H](C)CCNC(=O)NS(=O)(=O)N4CC5CC5C4)CC[C@@H]23)[C@@]2(C)CC[C@@H](O)C[C@@H]12. The highest BCUT2D eigenvalue weighted by Gasteiger charge is 2.61. The van der Waals surface area contributed by atoms with Crippen LogP contribution in [0.1, 0.15) is 98.3 Å². The third-order valence-corrected chi connectivity index (χ3v) is 15.2. The van der Waals surface area contributed by atoms with Crippen molar-refractivity contribution in [1.29, 1.82) is 0 Å². The van der Waals surface area contributed by atoms with Crippen molar-refractivity contribution in [1.82, 2.24) is 14.3 Å². The number of piperidine rings is 1. The maximum Gasteiger partial charge on any atom is 0.329 e. The quantitative estimate of drug-likeness (QED) is 0.346. The van der Waals surface area contributed by atoms with E-state index in [1.165, 1.54) is 30.0 Å². The third-order valence-electron chi connectivity index (χ3n) is 13.8. The average molecular weight is 594 g/mol. The normalized spacial score (nSPS) is 48.2. The van der Waals surface area contributed by atoms with Gasteiger partial charge in [-0.3, -0.25) is 0 Å². The van der Waals surface area contributed by atoms with Crippen LogP contribution in [-0.4, -0.2) is 60.8 Å². The molecule has 6 aliphatic rings. The molecule has 1 aliphatic heterocycles. The lowest BCUT2D eigenvalue weighted by Gasteiger charge is -2.57. The Morgan fingerprint density at radius 3 is 2.34 bits per heavy atom. The molecule has 0 radical (unpaired) electrons. The molecule has 5 aliphatic carbocycles. The highest BCUT2D eigenvalue weighted by molar-refractivity contribution is 7.87. The summed E-state index contributed by atoms with van der Waals surface area (Å²) in [7, 11) is -3.76. The molecule has 0 aromatic carbocycles. The monoisotopic (exact) mass is 593 g/mol. The summed E-state index contributed by atoms with van der Waals surface area (Å²) in [5.74, 6) is 4.40. The van der Waals surface area contributed by atoms with Gasteiger partial charge in [0, 0.05) is 19.6 Å². The molecule has 6 fully saturated rings. The Kier molecular flexibility index (Phi) is 8.03. The smallest absolute Gasteiger partial charge is 0.329 e. The van der Waals surface area contributed by atoms with Crippen molar-refractivity contribution in [3.8, 4) is 0 Å².